The van der Waals surface area contributed by atoms with Gasteiger partial charge in [0, 0.05) is 6.54 Å². The lowest BCUT2D eigenvalue weighted by Gasteiger charge is -2.30. The zero-order valence-corrected chi connectivity index (χ0v) is 11.6. The lowest BCUT2D eigenvalue weighted by atomic mass is 10.3. The van der Waals surface area contributed by atoms with Crippen LogP contribution in [-0.4, -0.2) is 51.6 Å². The van der Waals surface area contributed by atoms with Gasteiger partial charge in [0.25, 0.3) is 0 Å². The van der Waals surface area contributed by atoms with E-state index in [2.05, 4.69) is 4.74 Å². The van der Waals surface area contributed by atoms with Crippen molar-refractivity contribution in [1.29, 1.82) is 0 Å². The highest BCUT2D eigenvalue weighted by Crippen LogP contribution is 2.19. The third-order valence-corrected chi connectivity index (χ3v) is 4.79. The van der Waals surface area contributed by atoms with Crippen molar-refractivity contribution in [3.8, 4) is 0 Å². The van der Waals surface area contributed by atoms with Gasteiger partial charge in [-0.2, -0.15) is 4.31 Å². The summed E-state index contributed by atoms with van der Waals surface area (Å²) in [5.74, 6) is -1.27. The number of rotatable bonds is 3. The number of halogens is 1. The fraction of sp³-hybridized carbons (Fsp3) is 0.417. The van der Waals surface area contributed by atoms with Crippen molar-refractivity contribution in [2.45, 2.75) is 11.0 Å². The Morgan fingerprint density at radius 1 is 1.50 bits per heavy atom. The van der Waals surface area contributed by atoms with E-state index < -0.39 is 27.9 Å². The van der Waals surface area contributed by atoms with Crippen LogP contribution < -0.4 is 0 Å². The van der Waals surface area contributed by atoms with Crippen molar-refractivity contribution < 1.29 is 27.1 Å². The first-order chi connectivity index (χ1) is 9.45. The van der Waals surface area contributed by atoms with E-state index >= 15 is 0 Å². The fourth-order valence-electron chi connectivity index (χ4n) is 1.89. The van der Waals surface area contributed by atoms with Crippen LogP contribution >= 0.6 is 0 Å². The number of ether oxygens (including phenoxy) is 2. The molecule has 1 atom stereocenters. The van der Waals surface area contributed by atoms with Crippen molar-refractivity contribution in [2.75, 3.05) is 26.8 Å². The van der Waals surface area contributed by atoms with Gasteiger partial charge in [0.15, 0.2) is 6.10 Å². The number of hydrogen-bond donors (Lipinski definition) is 0. The molecule has 1 aliphatic heterocycles. The number of esters is 1. The molecule has 0 bridgehead atoms. The molecule has 0 saturated carbocycles. The third kappa shape index (κ3) is 2.97. The Hall–Kier alpha value is -1.51. The van der Waals surface area contributed by atoms with Crippen LogP contribution in [0.25, 0.3) is 0 Å². The van der Waals surface area contributed by atoms with E-state index in [1.807, 2.05) is 0 Å². The van der Waals surface area contributed by atoms with Gasteiger partial charge in [-0.15, -0.1) is 0 Å². The topological polar surface area (TPSA) is 72.9 Å². The molecule has 0 amide bonds. The SMILES string of the molecule is COC(=O)C1CN(S(=O)(=O)c2cccc(F)c2)CCO1. The number of sulfonamides is 1. The molecule has 0 spiro atoms. The van der Waals surface area contributed by atoms with Crippen LogP contribution in [0, 0.1) is 5.82 Å². The van der Waals surface area contributed by atoms with Crippen LogP contribution in [-0.2, 0) is 24.3 Å². The van der Waals surface area contributed by atoms with E-state index in [1.165, 1.54) is 19.2 Å². The van der Waals surface area contributed by atoms with E-state index in [0.29, 0.717) is 0 Å². The van der Waals surface area contributed by atoms with Gasteiger partial charge in [-0.3, -0.25) is 0 Å². The first kappa shape index (κ1) is 14.9. The van der Waals surface area contributed by atoms with Gasteiger partial charge in [0.05, 0.1) is 25.2 Å². The summed E-state index contributed by atoms with van der Waals surface area (Å²) in [6.45, 7) is 0.0339. The minimum atomic E-state index is -3.85. The van der Waals surface area contributed by atoms with Gasteiger partial charge in [-0.25, -0.2) is 17.6 Å². The normalized spacial score (nSPS) is 20.6. The molecule has 1 fully saturated rings. The van der Waals surface area contributed by atoms with Crippen molar-refractivity contribution >= 4 is 16.0 Å². The van der Waals surface area contributed by atoms with E-state index in [9.17, 15) is 17.6 Å². The lowest BCUT2D eigenvalue weighted by Crippen LogP contribution is -2.48. The maximum absolute atomic E-state index is 13.1. The average Bonchev–Trinajstić information content (AvgIpc) is 2.46. The smallest absolute Gasteiger partial charge is 0.336 e. The predicted molar refractivity (Wildman–Crippen MR) is 66.9 cm³/mol. The lowest BCUT2D eigenvalue weighted by molar-refractivity contribution is -0.157. The summed E-state index contributed by atoms with van der Waals surface area (Å²) in [5.41, 5.74) is 0. The number of carbonyl (C=O) groups is 1. The van der Waals surface area contributed by atoms with Crippen LogP contribution in [0.2, 0.25) is 0 Å². The monoisotopic (exact) mass is 303 g/mol. The van der Waals surface area contributed by atoms with Gasteiger partial charge in [0.2, 0.25) is 10.0 Å². The largest absolute Gasteiger partial charge is 0.467 e. The van der Waals surface area contributed by atoms with Crippen molar-refractivity contribution in [3.05, 3.63) is 30.1 Å². The van der Waals surface area contributed by atoms with E-state index in [-0.39, 0.29) is 24.6 Å². The summed E-state index contributed by atoms with van der Waals surface area (Å²) in [7, 11) is -2.65. The van der Waals surface area contributed by atoms with Gasteiger partial charge >= 0.3 is 5.97 Å². The molecular formula is C12H14FNO5S. The molecule has 1 unspecified atom stereocenters. The fourth-order valence-corrected chi connectivity index (χ4v) is 3.35. The Balaban J connectivity index is 2.23. The van der Waals surface area contributed by atoms with Gasteiger partial charge < -0.3 is 9.47 Å². The molecule has 0 aromatic heterocycles. The van der Waals surface area contributed by atoms with Crippen molar-refractivity contribution in [3.63, 3.8) is 0 Å². The summed E-state index contributed by atoms with van der Waals surface area (Å²) >= 11 is 0. The van der Waals surface area contributed by atoms with Gasteiger partial charge in [0.1, 0.15) is 5.82 Å². The summed E-state index contributed by atoms with van der Waals surface area (Å²) < 4.78 is 48.6. The highest BCUT2D eigenvalue weighted by Gasteiger charge is 2.34. The van der Waals surface area contributed by atoms with Crippen LogP contribution in [0.3, 0.4) is 0 Å². The molecule has 20 heavy (non-hydrogen) atoms. The summed E-state index contributed by atoms with van der Waals surface area (Å²) in [6, 6.07) is 4.73. The maximum atomic E-state index is 13.1. The number of benzene rings is 1. The van der Waals surface area contributed by atoms with Gasteiger partial charge in [-0.05, 0) is 18.2 Å². The zero-order chi connectivity index (χ0) is 14.8. The second-order valence-electron chi connectivity index (χ2n) is 4.20. The summed E-state index contributed by atoms with van der Waals surface area (Å²) in [5, 5.41) is 0. The molecule has 0 aliphatic carbocycles. The third-order valence-electron chi connectivity index (χ3n) is 2.93. The summed E-state index contributed by atoms with van der Waals surface area (Å²) in [4.78, 5) is 11.3. The molecule has 0 N–H and O–H groups in total. The van der Waals surface area contributed by atoms with Crippen LogP contribution in [0.5, 0.6) is 0 Å². The molecule has 110 valence electrons. The number of morpholine rings is 1. The average molecular weight is 303 g/mol. The molecule has 6 nitrogen and oxygen atoms in total. The van der Waals surface area contributed by atoms with Crippen LogP contribution in [0.1, 0.15) is 0 Å². The minimum Gasteiger partial charge on any atom is -0.467 e. The minimum absolute atomic E-state index is 0.0777. The molecule has 0 radical (unpaired) electrons. The number of methoxy groups -OCH3 is 1. The second-order valence-corrected chi connectivity index (χ2v) is 6.14. The Kier molecular flexibility index (Phi) is 4.36. The zero-order valence-electron chi connectivity index (χ0n) is 10.8. The standard InChI is InChI=1S/C12H14FNO5S/c1-18-12(15)11-8-14(5-6-19-11)20(16,17)10-4-2-3-9(13)7-10/h2-4,7,11H,5-6,8H2,1H3. The van der Waals surface area contributed by atoms with E-state index in [0.717, 1.165) is 16.4 Å². The molecule has 1 aromatic carbocycles. The van der Waals surface area contributed by atoms with Gasteiger partial charge in [-0.1, -0.05) is 6.07 Å². The Morgan fingerprint density at radius 2 is 2.25 bits per heavy atom. The molecule has 8 heteroatoms. The Labute approximate surface area is 116 Å². The molecular weight excluding hydrogens is 289 g/mol. The highest BCUT2D eigenvalue weighted by atomic mass is 32.2. The molecule has 1 aromatic rings. The predicted octanol–water partition coefficient (Wildman–Crippen LogP) is 0.388. The van der Waals surface area contributed by atoms with E-state index in [4.69, 9.17) is 4.74 Å². The first-order valence-corrected chi connectivity index (χ1v) is 7.34. The number of nitrogens with zero attached hydrogens (tertiary/aromatic N) is 1. The molecule has 1 aliphatic rings. The summed E-state index contributed by atoms with van der Waals surface area (Å²) in [6.07, 6.45) is -0.961. The van der Waals surface area contributed by atoms with Crippen molar-refractivity contribution in [1.82, 2.24) is 4.31 Å². The first-order valence-electron chi connectivity index (χ1n) is 5.90. The highest BCUT2D eigenvalue weighted by molar-refractivity contribution is 7.89. The molecule has 2 rings (SSSR count). The van der Waals surface area contributed by atoms with Crippen LogP contribution in [0.15, 0.2) is 29.2 Å². The van der Waals surface area contributed by atoms with Crippen LogP contribution in [0.4, 0.5) is 4.39 Å². The van der Waals surface area contributed by atoms with E-state index in [1.54, 1.807) is 0 Å². The molecule has 1 heterocycles. The van der Waals surface area contributed by atoms with Crippen molar-refractivity contribution in [2.24, 2.45) is 0 Å². The maximum Gasteiger partial charge on any atom is 0.336 e. The number of hydrogen-bond acceptors (Lipinski definition) is 5. The Bertz CT molecular complexity index is 604. The Morgan fingerprint density at radius 3 is 2.90 bits per heavy atom. The number of carbonyl (C=O) groups excluding carboxylic acids is 1. The second kappa shape index (κ2) is 5.86. The molecule has 1 saturated heterocycles. The quantitative estimate of drug-likeness (QED) is 0.755.